The lowest BCUT2D eigenvalue weighted by Crippen LogP contribution is -2.30. The van der Waals surface area contributed by atoms with Gasteiger partial charge in [0.2, 0.25) is 0 Å². The van der Waals surface area contributed by atoms with E-state index in [1.807, 2.05) is 0 Å². The number of fused-ring (bicyclic) bond motifs is 1. The number of esters is 1. The molecule has 0 radical (unpaired) electrons. The van der Waals surface area contributed by atoms with Crippen molar-refractivity contribution >= 4 is 34.1 Å². The zero-order valence-electron chi connectivity index (χ0n) is 11.0. The summed E-state index contributed by atoms with van der Waals surface area (Å²) in [4.78, 5) is 37.9. The molecule has 0 bridgehead atoms. The van der Waals surface area contributed by atoms with Crippen LogP contribution in [0.15, 0.2) is 12.2 Å². The predicted molar refractivity (Wildman–Crippen MR) is 73.9 cm³/mol. The number of methoxy groups -OCH3 is 1. The van der Waals surface area contributed by atoms with Crippen LogP contribution in [-0.2, 0) is 27.2 Å². The van der Waals surface area contributed by atoms with E-state index in [0.29, 0.717) is 10.6 Å². The minimum absolute atomic E-state index is 0.387. The summed E-state index contributed by atoms with van der Waals surface area (Å²) in [7, 11) is 1.31. The smallest absolute Gasteiger partial charge is 0.341 e. The Hall–Kier alpha value is -1.95. The lowest BCUT2D eigenvalue weighted by molar-refractivity contribution is -0.119. The van der Waals surface area contributed by atoms with Crippen LogP contribution in [0.5, 0.6) is 0 Å². The summed E-state index contributed by atoms with van der Waals surface area (Å²) in [6.45, 7) is 0. The molecular formula is C14H13NO4S. The Kier molecular flexibility index (Phi) is 3.17. The van der Waals surface area contributed by atoms with Gasteiger partial charge in [0.1, 0.15) is 5.00 Å². The third-order valence-corrected chi connectivity index (χ3v) is 4.83. The van der Waals surface area contributed by atoms with Crippen molar-refractivity contribution in [2.75, 3.05) is 12.0 Å². The highest BCUT2D eigenvalue weighted by atomic mass is 32.1. The average Bonchev–Trinajstić information content (AvgIpc) is 2.98. The van der Waals surface area contributed by atoms with Crippen molar-refractivity contribution in [3.05, 3.63) is 28.2 Å². The molecule has 0 atom stereocenters. The second-order valence-electron chi connectivity index (χ2n) is 4.73. The molecule has 3 rings (SSSR count). The Morgan fingerprint density at radius 2 is 1.85 bits per heavy atom. The number of aryl methyl sites for hydroxylation is 1. The summed E-state index contributed by atoms with van der Waals surface area (Å²) in [5.41, 5.74) is 1.33. The van der Waals surface area contributed by atoms with Crippen molar-refractivity contribution in [1.82, 2.24) is 0 Å². The highest BCUT2D eigenvalue weighted by Gasteiger charge is 2.34. The van der Waals surface area contributed by atoms with Crippen LogP contribution in [0.3, 0.4) is 0 Å². The molecule has 0 saturated heterocycles. The largest absolute Gasteiger partial charge is 0.465 e. The molecule has 104 valence electrons. The van der Waals surface area contributed by atoms with E-state index < -0.39 is 17.8 Å². The molecule has 2 aliphatic rings. The number of thiophene rings is 1. The standard InChI is InChI=1S/C14H13NO4S/c1-19-14(18)12-8-4-2-3-5-9(8)20-13(12)15-10(16)6-7-11(15)17/h6-7H,2-5H2,1H3. The van der Waals surface area contributed by atoms with Crippen LogP contribution < -0.4 is 4.90 Å². The Balaban J connectivity index is 2.15. The lowest BCUT2D eigenvalue weighted by Gasteiger charge is -2.14. The van der Waals surface area contributed by atoms with Gasteiger partial charge in [0.15, 0.2) is 0 Å². The van der Waals surface area contributed by atoms with Gasteiger partial charge < -0.3 is 4.74 Å². The Morgan fingerprint density at radius 3 is 2.50 bits per heavy atom. The summed E-state index contributed by atoms with van der Waals surface area (Å²) in [5.74, 6) is -1.29. The van der Waals surface area contributed by atoms with E-state index in [1.54, 1.807) is 0 Å². The van der Waals surface area contributed by atoms with Crippen LogP contribution in [0.2, 0.25) is 0 Å². The predicted octanol–water partition coefficient (Wildman–Crippen LogP) is 1.84. The number of anilines is 1. The van der Waals surface area contributed by atoms with Gasteiger partial charge in [-0.2, -0.15) is 0 Å². The van der Waals surface area contributed by atoms with Crippen molar-refractivity contribution in [1.29, 1.82) is 0 Å². The van der Waals surface area contributed by atoms with Gasteiger partial charge in [0.25, 0.3) is 11.8 Å². The Morgan fingerprint density at radius 1 is 1.20 bits per heavy atom. The lowest BCUT2D eigenvalue weighted by atomic mass is 9.95. The van der Waals surface area contributed by atoms with Crippen LogP contribution in [0.1, 0.15) is 33.6 Å². The monoisotopic (exact) mass is 291 g/mol. The molecule has 0 aromatic carbocycles. The molecule has 0 unspecified atom stereocenters. The zero-order valence-corrected chi connectivity index (χ0v) is 11.8. The summed E-state index contributed by atoms with van der Waals surface area (Å²) in [6.07, 6.45) is 6.19. The SMILES string of the molecule is COC(=O)c1c(N2C(=O)C=CC2=O)sc2c1CCCC2. The summed E-state index contributed by atoms with van der Waals surface area (Å²) in [6, 6.07) is 0. The molecule has 2 amide bonds. The van der Waals surface area contributed by atoms with Gasteiger partial charge in [-0.15, -0.1) is 11.3 Å². The summed E-state index contributed by atoms with van der Waals surface area (Å²) in [5, 5.41) is 0.406. The molecule has 6 heteroatoms. The number of amides is 2. The fraction of sp³-hybridized carbons (Fsp3) is 0.357. The molecule has 0 N–H and O–H groups in total. The van der Waals surface area contributed by atoms with Gasteiger partial charge >= 0.3 is 5.97 Å². The van der Waals surface area contributed by atoms with Gasteiger partial charge in [0, 0.05) is 17.0 Å². The fourth-order valence-corrected chi connectivity index (χ4v) is 4.01. The molecule has 1 aliphatic heterocycles. The maximum atomic E-state index is 12.1. The number of imide groups is 1. The van der Waals surface area contributed by atoms with Crippen LogP contribution in [-0.4, -0.2) is 24.9 Å². The molecule has 0 spiro atoms. The van der Waals surface area contributed by atoms with Gasteiger partial charge in [-0.05, 0) is 31.2 Å². The molecule has 2 heterocycles. The van der Waals surface area contributed by atoms with E-state index >= 15 is 0 Å². The first-order valence-corrected chi connectivity index (χ1v) is 7.24. The second kappa shape index (κ2) is 4.86. The van der Waals surface area contributed by atoms with Crippen molar-refractivity contribution in [3.8, 4) is 0 Å². The third kappa shape index (κ3) is 1.87. The molecule has 0 saturated carbocycles. The minimum atomic E-state index is -0.480. The number of nitrogens with zero attached hydrogens (tertiary/aromatic N) is 1. The van der Waals surface area contributed by atoms with Gasteiger partial charge in [-0.25, -0.2) is 9.69 Å². The summed E-state index contributed by atoms with van der Waals surface area (Å²) < 4.78 is 4.83. The van der Waals surface area contributed by atoms with E-state index in [9.17, 15) is 14.4 Å². The van der Waals surface area contributed by atoms with E-state index in [4.69, 9.17) is 4.74 Å². The highest BCUT2D eigenvalue weighted by molar-refractivity contribution is 7.17. The van der Waals surface area contributed by atoms with E-state index in [0.717, 1.165) is 41.0 Å². The maximum Gasteiger partial charge on any atom is 0.341 e. The van der Waals surface area contributed by atoms with E-state index in [-0.39, 0.29) is 0 Å². The highest BCUT2D eigenvalue weighted by Crippen LogP contribution is 2.41. The zero-order chi connectivity index (χ0) is 14.3. The first-order valence-electron chi connectivity index (χ1n) is 6.42. The van der Waals surface area contributed by atoms with Crippen molar-refractivity contribution in [2.45, 2.75) is 25.7 Å². The minimum Gasteiger partial charge on any atom is -0.465 e. The molecule has 1 aromatic rings. The summed E-state index contributed by atoms with van der Waals surface area (Å²) >= 11 is 1.35. The number of carbonyl (C=O) groups excluding carboxylic acids is 3. The normalized spacial score (nSPS) is 17.6. The van der Waals surface area contributed by atoms with Crippen molar-refractivity contribution in [2.24, 2.45) is 0 Å². The average molecular weight is 291 g/mol. The van der Waals surface area contributed by atoms with Crippen molar-refractivity contribution in [3.63, 3.8) is 0 Å². The van der Waals surface area contributed by atoms with Gasteiger partial charge in [-0.1, -0.05) is 0 Å². The second-order valence-corrected chi connectivity index (χ2v) is 5.81. The molecule has 20 heavy (non-hydrogen) atoms. The molecular weight excluding hydrogens is 278 g/mol. The topological polar surface area (TPSA) is 63.7 Å². The van der Waals surface area contributed by atoms with Crippen LogP contribution in [0, 0.1) is 0 Å². The number of carbonyl (C=O) groups is 3. The molecule has 1 aliphatic carbocycles. The van der Waals surface area contributed by atoms with Crippen LogP contribution >= 0.6 is 11.3 Å². The van der Waals surface area contributed by atoms with Crippen LogP contribution in [0.4, 0.5) is 5.00 Å². The number of ether oxygens (including phenoxy) is 1. The van der Waals surface area contributed by atoms with E-state index in [1.165, 1.54) is 30.6 Å². The molecule has 0 fully saturated rings. The van der Waals surface area contributed by atoms with Gasteiger partial charge in [-0.3, -0.25) is 9.59 Å². The van der Waals surface area contributed by atoms with E-state index in [2.05, 4.69) is 0 Å². The third-order valence-electron chi connectivity index (χ3n) is 3.55. The molecule has 5 nitrogen and oxygen atoms in total. The Bertz CT molecular complexity index is 626. The van der Waals surface area contributed by atoms with Crippen molar-refractivity contribution < 1.29 is 19.1 Å². The van der Waals surface area contributed by atoms with Crippen LogP contribution in [0.25, 0.3) is 0 Å². The van der Waals surface area contributed by atoms with Gasteiger partial charge in [0.05, 0.1) is 12.7 Å². The number of hydrogen-bond donors (Lipinski definition) is 0. The quantitative estimate of drug-likeness (QED) is 0.616. The first kappa shape index (κ1) is 13.1. The number of rotatable bonds is 2. The molecule has 1 aromatic heterocycles. The number of hydrogen-bond acceptors (Lipinski definition) is 5. The first-order chi connectivity index (χ1) is 9.63. The maximum absolute atomic E-state index is 12.1. The fourth-order valence-electron chi connectivity index (χ4n) is 2.62. The Labute approximate surface area is 119 Å².